The number of anilines is 1. The molecule has 0 heterocycles. The van der Waals surface area contributed by atoms with Gasteiger partial charge in [0.15, 0.2) is 0 Å². The quantitative estimate of drug-likeness (QED) is 0.772. The van der Waals surface area contributed by atoms with Crippen LogP contribution in [0.5, 0.6) is 0 Å². The van der Waals surface area contributed by atoms with E-state index in [1.54, 1.807) is 6.07 Å². The van der Waals surface area contributed by atoms with Crippen LogP contribution in [0.15, 0.2) is 42.5 Å². The van der Waals surface area contributed by atoms with Crippen LogP contribution in [0.2, 0.25) is 5.02 Å². The van der Waals surface area contributed by atoms with E-state index in [0.717, 1.165) is 17.5 Å². The highest BCUT2D eigenvalue weighted by molar-refractivity contribution is 6.33. The van der Waals surface area contributed by atoms with Crippen molar-refractivity contribution in [3.63, 3.8) is 0 Å². The Morgan fingerprint density at radius 3 is 2.31 bits per heavy atom. The fourth-order valence-corrected chi connectivity index (χ4v) is 1.98. The minimum absolute atomic E-state index is 0.693. The summed E-state index contributed by atoms with van der Waals surface area (Å²) in [6.07, 6.45) is 1.05. The molecule has 2 rings (SSSR count). The van der Waals surface area contributed by atoms with Gasteiger partial charge in [0.05, 0.1) is 5.02 Å². The molecule has 16 heavy (non-hydrogen) atoms. The zero-order chi connectivity index (χ0) is 11.5. The van der Waals surface area contributed by atoms with Gasteiger partial charge in [0, 0.05) is 11.3 Å². The molecular formula is C14H14ClN. The normalized spacial score (nSPS) is 10.4. The first kappa shape index (κ1) is 11.0. The van der Waals surface area contributed by atoms with E-state index in [0.29, 0.717) is 10.7 Å². The second kappa shape index (κ2) is 4.58. The summed E-state index contributed by atoms with van der Waals surface area (Å²) >= 11 is 6.16. The van der Waals surface area contributed by atoms with Crippen LogP contribution < -0.4 is 5.73 Å². The molecule has 82 valence electrons. The van der Waals surface area contributed by atoms with Gasteiger partial charge in [0.25, 0.3) is 0 Å². The Kier molecular flexibility index (Phi) is 3.16. The summed E-state index contributed by atoms with van der Waals surface area (Å²) < 4.78 is 0. The molecule has 0 unspecified atom stereocenters. The van der Waals surface area contributed by atoms with Gasteiger partial charge >= 0.3 is 0 Å². The van der Waals surface area contributed by atoms with Crippen molar-refractivity contribution in [1.29, 1.82) is 0 Å². The molecule has 0 fully saturated rings. The Hall–Kier alpha value is -1.47. The second-order valence-corrected chi connectivity index (χ2v) is 4.20. The molecule has 0 saturated carbocycles. The lowest BCUT2D eigenvalue weighted by atomic mass is 10.0. The summed E-state index contributed by atoms with van der Waals surface area (Å²) in [6.45, 7) is 2.14. The molecule has 2 heteroatoms. The van der Waals surface area contributed by atoms with Crippen LogP contribution >= 0.6 is 11.6 Å². The van der Waals surface area contributed by atoms with Crippen molar-refractivity contribution in [2.75, 3.05) is 5.73 Å². The molecule has 0 amide bonds. The Bertz CT molecular complexity index is 489. The first-order valence-corrected chi connectivity index (χ1v) is 5.73. The number of halogens is 1. The van der Waals surface area contributed by atoms with Crippen molar-refractivity contribution in [2.45, 2.75) is 13.3 Å². The molecule has 2 aromatic rings. The van der Waals surface area contributed by atoms with E-state index < -0.39 is 0 Å². The van der Waals surface area contributed by atoms with Crippen LogP contribution in [-0.4, -0.2) is 0 Å². The van der Waals surface area contributed by atoms with E-state index in [1.807, 2.05) is 12.1 Å². The smallest absolute Gasteiger partial charge is 0.0504 e. The molecule has 0 aliphatic carbocycles. The summed E-state index contributed by atoms with van der Waals surface area (Å²) in [7, 11) is 0. The zero-order valence-electron chi connectivity index (χ0n) is 9.20. The van der Waals surface area contributed by atoms with E-state index in [-0.39, 0.29) is 0 Å². The second-order valence-electron chi connectivity index (χ2n) is 3.79. The van der Waals surface area contributed by atoms with Crippen molar-refractivity contribution < 1.29 is 0 Å². The van der Waals surface area contributed by atoms with Gasteiger partial charge in [-0.1, -0.05) is 48.9 Å². The Labute approximate surface area is 101 Å². The van der Waals surface area contributed by atoms with Gasteiger partial charge in [0.1, 0.15) is 0 Å². The van der Waals surface area contributed by atoms with Gasteiger partial charge in [0.2, 0.25) is 0 Å². The Balaban J connectivity index is 2.42. The fourth-order valence-electron chi connectivity index (χ4n) is 1.69. The summed E-state index contributed by atoms with van der Waals surface area (Å²) in [5.41, 5.74) is 9.84. The van der Waals surface area contributed by atoms with Crippen molar-refractivity contribution in [3.05, 3.63) is 53.1 Å². The fraction of sp³-hybridized carbons (Fsp3) is 0.143. The van der Waals surface area contributed by atoms with Gasteiger partial charge in [-0.25, -0.2) is 0 Å². The van der Waals surface area contributed by atoms with E-state index >= 15 is 0 Å². The molecule has 0 aliphatic rings. The van der Waals surface area contributed by atoms with Gasteiger partial charge in [-0.3, -0.25) is 0 Å². The number of nitrogen functional groups attached to an aromatic ring is 1. The van der Waals surface area contributed by atoms with Crippen molar-refractivity contribution >= 4 is 17.3 Å². The highest BCUT2D eigenvalue weighted by atomic mass is 35.5. The lowest BCUT2D eigenvalue weighted by Gasteiger charge is -2.06. The molecule has 2 N–H and O–H groups in total. The highest BCUT2D eigenvalue weighted by Crippen LogP contribution is 2.29. The lowest BCUT2D eigenvalue weighted by molar-refractivity contribution is 1.14. The summed E-state index contributed by atoms with van der Waals surface area (Å²) in [5, 5.41) is 0.698. The third-order valence-electron chi connectivity index (χ3n) is 2.67. The average molecular weight is 232 g/mol. The van der Waals surface area contributed by atoms with Crippen LogP contribution in [0, 0.1) is 0 Å². The minimum Gasteiger partial charge on any atom is -0.399 e. The van der Waals surface area contributed by atoms with Crippen LogP contribution in [-0.2, 0) is 6.42 Å². The molecule has 0 spiro atoms. The number of benzene rings is 2. The number of nitrogens with two attached hydrogens (primary N) is 1. The van der Waals surface area contributed by atoms with E-state index in [2.05, 4.69) is 31.2 Å². The molecule has 0 radical (unpaired) electrons. The van der Waals surface area contributed by atoms with Crippen LogP contribution in [0.3, 0.4) is 0 Å². The Morgan fingerprint density at radius 1 is 1.06 bits per heavy atom. The van der Waals surface area contributed by atoms with E-state index in [9.17, 15) is 0 Å². The molecule has 1 nitrogen and oxygen atoms in total. The highest BCUT2D eigenvalue weighted by Gasteiger charge is 2.03. The lowest BCUT2D eigenvalue weighted by Crippen LogP contribution is -1.86. The van der Waals surface area contributed by atoms with Gasteiger partial charge in [-0.15, -0.1) is 0 Å². The zero-order valence-corrected chi connectivity index (χ0v) is 9.96. The van der Waals surface area contributed by atoms with Crippen molar-refractivity contribution in [1.82, 2.24) is 0 Å². The molecular weight excluding hydrogens is 218 g/mol. The summed E-state index contributed by atoms with van der Waals surface area (Å²) in [6, 6.07) is 14.1. The van der Waals surface area contributed by atoms with E-state index in [1.165, 1.54) is 5.56 Å². The third kappa shape index (κ3) is 2.20. The van der Waals surface area contributed by atoms with Gasteiger partial charge in [-0.05, 0) is 29.7 Å². The van der Waals surface area contributed by atoms with Crippen molar-refractivity contribution in [2.24, 2.45) is 0 Å². The maximum absolute atomic E-state index is 6.16. The first-order chi connectivity index (χ1) is 7.70. The van der Waals surface area contributed by atoms with Gasteiger partial charge < -0.3 is 5.73 Å². The summed E-state index contributed by atoms with van der Waals surface area (Å²) in [5.74, 6) is 0. The van der Waals surface area contributed by atoms with Gasteiger partial charge in [-0.2, -0.15) is 0 Å². The minimum atomic E-state index is 0.693. The largest absolute Gasteiger partial charge is 0.399 e. The summed E-state index contributed by atoms with van der Waals surface area (Å²) in [4.78, 5) is 0. The number of aryl methyl sites for hydroxylation is 1. The molecule has 0 atom stereocenters. The maximum atomic E-state index is 6.16. The number of rotatable bonds is 2. The number of hydrogen-bond acceptors (Lipinski definition) is 1. The van der Waals surface area contributed by atoms with Crippen LogP contribution in [0.25, 0.3) is 11.1 Å². The van der Waals surface area contributed by atoms with Crippen molar-refractivity contribution in [3.8, 4) is 11.1 Å². The van der Waals surface area contributed by atoms with E-state index in [4.69, 9.17) is 17.3 Å². The molecule has 2 aromatic carbocycles. The molecule has 0 bridgehead atoms. The maximum Gasteiger partial charge on any atom is 0.0504 e. The SMILES string of the molecule is CCc1ccc(-c2ccc(N)cc2Cl)cc1. The predicted octanol–water partition coefficient (Wildman–Crippen LogP) is 4.15. The monoisotopic (exact) mass is 231 g/mol. The third-order valence-corrected chi connectivity index (χ3v) is 2.98. The standard InChI is InChI=1S/C14H14ClN/c1-2-10-3-5-11(6-4-10)13-8-7-12(16)9-14(13)15/h3-9H,2,16H2,1H3. The molecule has 0 aliphatic heterocycles. The number of hydrogen-bond donors (Lipinski definition) is 1. The predicted molar refractivity (Wildman–Crippen MR) is 70.7 cm³/mol. The topological polar surface area (TPSA) is 26.0 Å². The molecule has 0 aromatic heterocycles. The Morgan fingerprint density at radius 2 is 1.75 bits per heavy atom. The first-order valence-electron chi connectivity index (χ1n) is 5.35. The average Bonchev–Trinajstić information content (AvgIpc) is 2.29. The van der Waals surface area contributed by atoms with Crippen LogP contribution in [0.1, 0.15) is 12.5 Å². The molecule has 0 saturated heterocycles. The van der Waals surface area contributed by atoms with Crippen LogP contribution in [0.4, 0.5) is 5.69 Å².